The Labute approximate surface area is 114 Å². The summed E-state index contributed by atoms with van der Waals surface area (Å²) in [6, 6.07) is 3.78. The first-order chi connectivity index (χ1) is 8.67. The summed E-state index contributed by atoms with van der Waals surface area (Å²) in [6.45, 7) is 2.46. The Morgan fingerprint density at radius 1 is 1.32 bits per heavy atom. The van der Waals surface area contributed by atoms with Crippen LogP contribution in [-0.4, -0.2) is 28.7 Å². The van der Waals surface area contributed by atoms with Gasteiger partial charge in [-0.2, -0.15) is 0 Å². The minimum Gasteiger partial charge on any atom is -0.412 e. The first-order valence-electron chi connectivity index (χ1n) is 6.69. The van der Waals surface area contributed by atoms with Crippen molar-refractivity contribution in [1.29, 1.82) is 0 Å². The topological polar surface area (TPSA) is 111 Å². The second-order valence-corrected chi connectivity index (χ2v) is 4.82. The third kappa shape index (κ3) is 6.52. The zero-order valence-corrected chi connectivity index (χ0v) is 11.6. The van der Waals surface area contributed by atoms with Crippen molar-refractivity contribution in [3.05, 3.63) is 33.7 Å². The zero-order valence-electron chi connectivity index (χ0n) is 11.6. The van der Waals surface area contributed by atoms with E-state index in [1.165, 1.54) is 32.1 Å². The number of aliphatic hydroxyl groups excluding tert-OH is 1. The minimum absolute atomic E-state index is 0. The van der Waals surface area contributed by atoms with Crippen LogP contribution in [-0.2, 0) is 0 Å². The molecule has 0 aromatic carbocycles. The number of aliphatic hydroxyl groups is 1. The summed E-state index contributed by atoms with van der Waals surface area (Å²) in [5.41, 5.74) is 7.05. The van der Waals surface area contributed by atoms with Crippen LogP contribution < -0.4 is 11.3 Å². The van der Waals surface area contributed by atoms with E-state index in [0.29, 0.717) is 12.5 Å². The molecule has 0 aliphatic heterocycles. The number of rotatable bonds is 2. The summed E-state index contributed by atoms with van der Waals surface area (Å²) in [5.74, 6) is 0.594. The van der Waals surface area contributed by atoms with Crippen LogP contribution in [0.2, 0.25) is 0 Å². The van der Waals surface area contributed by atoms with Crippen LogP contribution in [0, 0.1) is 6.92 Å². The molecule has 0 radical (unpaired) electrons. The highest BCUT2D eigenvalue weighted by Crippen LogP contribution is 2.31. The normalized spacial score (nSPS) is 15.1. The summed E-state index contributed by atoms with van der Waals surface area (Å²) in [4.78, 5) is 14.3. The molecule has 1 heterocycles. The molecule has 0 bridgehead atoms. The van der Waals surface area contributed by atoms with E-state index in [9.17, 15) is 4.79 Å². The maximum Gasteiger partial charge on any atom is 0.248 e. The predicted molar refractivity (Wildman–Crippen MR) is 77.4 cm³/mol. The number of aryl methyl sites for hydroxylation is 1. The molecule has 0 spiro atoms. The molecule has 0 atom stereocenters. The molecule has 1 fully saturated rings. The third-order valence-electron chi connectivity index (χ3n) is 3.18. The molecule has 1 aromatic rings. The van der Waals surface area contributed by atoms with Gasteiger partial charge in [-0.05, 0) is 37.3 Å². The smallest absolute Gasteiger partial charge is 0.248 e. The van der Waals surface area contributed by atoms with Crippen LogP contribution in [0.5, 0.6) is 0 Å². The fourth-order valence-electron chi connectivity index (χ4n) is 2.34. The van der Waals surface area contributed by atoms with E-state index in [2.05, 4.69) is 11.1 Å². The Balaban J connectivity index is 0.000000576. The number of pyridine rings is 1. The van der Waals surface area contributed by atoms with Gasteiger partial charge in [0.25, 0.3) is 0 Å². The molecule has 6 N–H and O–H groups in total. The molecule has 1 aliphatic carbocycles. The number of aromatic nitrogens is 1. The van der Waals surface area contributed by atoms with Crippen molar-refractivity contribution in [1.82, 2.24) is 4.98 Å². The molecule has 1 aromatic heterocycles. The van der Waals surface area contributed by atoms with Crippen LogP contribution in [0.4, 0.5) is 0 Å². The van der Waals surface area contributed by atoms with Gasteiger partial charge < -0.3 is 21.3 Å². The summed E-state index contributed by atoms with van der Waals surface area (Å²) in [7, 11) is 0. The van der Waals surface area contributed by atoms with E-state index in [1.54, 1.807) is 6.07 Å². The van der Waals surface area contributed by atoms with Gasteiger partial charge in [-0.15, -0.1) is 0 Å². The fourth-order valence-corrected chi connectivity index (χ4v) is 2.34. The molecule has 5 heteroatoms. The Bertz CT molecular complexity index is 396. The van der Waals surface area contributed by atoms with E-state index < -0.39 is 0 Å². The maximum atomic E-state index is 11.3. The van der Waals surface area contributed by atoms with Crippen LogP contribution >= 0.6 is 0 Å². The first kappa shape index (κ1) is 17.8. The van der Waals surface area contributed by atoms with Crippen molar-refractivity contribution in [2.75, 3.05) is 13.2 Å². The van der Waals surface area contributed by atoms with Gasteiger partial charge in [0.1, 0.15) is 0 Å². The van der Waals surface area contributed by atoms with Gasteiger partial charge in [0.15, 0.2) is 0 Å². The van der Waals surface area contributed by atoms with Gasteiger partial charge in [0, 0.05) is 18.3 Å². The van der Waals surface area contributed by atoms with Crippen molar-refractivity contribution in [2.24, 2.45) is 5.73 Å². The summed E-state index contributed by atoms with van der Waals surface area (Å²) < 4.78 is 0. The minimum atomic E-state index is 0. The van der Waals surface area contributed by atoms with Crippen molar-refractivity contribution >= 4 is 0 Å². The van der Waals surface area contributed by atoms with E-state index in [4.69, 9.17) is 10.8 Å². The zero-order chi connectivity index (χ0) is 13.4. The van der Waals surface area contributed by atoms with Crippen LogP contribution in [0.15, 0.2) is 16.9 Å². The maximum absolute atomic E-state index is 11.3. The van der Waals surface area contributed by atoms with Gasteiger partial charge in [-0.3, -0.25) is 4.79 Å². The highest BCUT2D eigenvalue weighted by atomic mass is 16.3. The molecule has 0 saturated heterocycles. The average molecular weight is 270 g/mol. The summed E-state index contributed by atoms with van der Waals surface area (Å²) >= 11 is 0. The van der Waals surface area contributed by atoms with Crippen molar-refractivity contribution in [3.8, 4) is 0 Å². The number of H-pyrrole nitrogens is 1. The lowest BCUT2D eigenvalue weighted by molar-refractivity contribution is 0.306. The van der Waals surface area contributed by atoms with E-state index >= 15 is 0 Å². The van der Waals surface area contributed by atoms with E-state index in [-0.39, 0.29) is 17.6 Å². The molecular weight excluding hydrogens is 244 g/mol. The van der Waals surface area contributed by atoms with Gasteiger partial charge in [0.2, 0.25) is 5.56 Å². The number of nitrogens with two attached hydrogens (primary N) is 1. The quantitative estimate of drug-likeness (QED) is 0.740. The lowest BCUT2D eigenvalue weighted by Gasteiger charge is -2.21. The van der Waals surface area contributed by atoms with Crippen molar-refractivity contribution in [2.45, 2.75) is 44.9 Å². The van der Waals surface area contributed by atoms with Gasteiger partial charge >= 0.3 is 0 Å². The molecular formula is C14H26N2O3. The van der Waals surface area contributed by atoms with Gasteiger partial charge in [-0.1, -0.05) is 19.3 Å². The predicted octanol–water partition coefficient (Wildman–Crippen LogP) is 0.844. The first-order valence-corrected chi connectivity index (χ1v) is 6.69. The third-order valence-corrected chi connectivity index (χ3v) is 3.18. The fraction of sp³-hybridized carbons (Fsp3) is 0.643. The molecule has 2 rings (SSSR count). The second kappa shape index (κ2) is 9.72. The van der Waals surface area contributed by atoms with E-state index in [1.807, 2.05) is 6.92 Å². The van der Waals surface area contributed by atoms with Crippen LogP contribution in [0.1, 0.15) is 49.3 Å². The van der Waals surface area contributed by atoms with Crippen molar-refractivity contribution in [3.63, 3.8) is 0 Å². The van der Waals surface area contributed by atoms with Crippen LogP contribution in [0.25, 0.3) is 0 Å². The lowest BCUT2D eigenvalue weighted by Crippen LogP contribution is -2.13. The Morgan fingerprint density at radius 2 is 1.89 bits per heavy atom. The highest BCUT2D eigenvalue weighted by Gasteiger charge is 2.16. The van der Waals surface area contributed by atoms with Gasteiger partial charge in [0.05, 0.1) is 6.61 Å². The molecule has 5 nitrogen and oxygen atoms in total. The van der Waals surface area contributed by atoms with Crippen molar-refractivity contribution < 1.29 is 10.6 Å². The second-order valence-electron chi connectivity index (χ2n) is 4.82. The van der Waals surface area contributed by atoms with Crippen LogP contribution in [0.3, 0.4) is 0 Å². The lowest BCUT2D eigenvalue weighted by atomic mass is 9.86. The average Bonchev–Trinajstić information content (AvgIpc) is 2.39. The molecule has 1 aliphatic rings. The highest BCUT2D eigenvalue weighted by molar-refractivity contribution is 5.18. The Kier molecular flexibility index (Phi) is 9.12. The molecule has 110 valence electrons. The molecule has 19 heavy (non-hydrogen) atoms. The summed E-state index contributed by atoms with van der Waals surface area (Å²) in [6.07, 6.45) is 6.44. The largest absolute Gasteiger partial charge is 0.412 e. The molecule has 1 saturated carbocycles. The van der Waals surface area contributed by atoms with Gasteiger partial charge in [-0.25, -0.2) is 0 Å². The number of nitrogens with one attached hydrogen (secondary N) is 1. The SMILES string of the molecule is Cc1cc(C2CCCCC2)[nH]c(=O)c1.NCCO.O. The summed E-state index contributed by atoms with van der Waals surface area (Å²) in [5, 5.41) is 7.75. The number of hydrogen-bond donors (Lipinski definition) is 3. The molecule has 0 unspecified atom stereocenters. The molecule has 0 amide bonds. The number of aromatic amines is 1. The Hall–Kier alpha value is -1.17. The van der Waals surface area contributed by atoms with E-state index in [0.717, 1.165) is 11.3 Å². The monoisotopic (exact) mass is 270 g/mol. The Morgan fingerprint density at radius 3 is 2.37 bits per heavy atom. The standard InChI is InChI=1S/C12H17NO.C2H7NO.H2O/c1-9-7-11(13-12(14)8-9)10-5-3-2-4-6-10;3-1-2-4;/h7-8,10H,2-6H2,1H3,(H,13,14);4H,1-3H2;1H2. The number of hydrogen-bond acceptors (Lipinski definition) is 3.